The maximum atomic E-state index is 12.8. The molecule has 1 aromatic carbocycles. The van der Waals surface area contributed by atoms with E-state index >= 15 is 0 Å². The van der Waals surface area contributed by atoms with Crippen LogP contribution >= 0.6 is 11.6 Å². The summed E-state index contributed by atoms with van der Waals surface area (Å²) in [5.41, 5.74) is 0.956. The standard InChI is InChI=1S/C16H22ClNO2/c1-11(2)15(12-5-3-6-13(17)9-12)16(20)18-8-4-7-14(19)10-18/h3,5-6,9,11,14-15,19H,4,7-8,10H2,1-2H3. The minimum Gasteiger partial charge on any atom is -0.391 e. The Balaban J connectivity index is 2.22. The van der Waals surface area contributed by atoms with Gasteiger partial charge in [-0.05, 0) is 36.5 Å². The van der Waals surface area contributed by atoms with Crippen LogP contribution in [0.1, 0.15) is 38.2 Å². The predicted molar refractivity (Wildman–Crippen MR) is 80.9 cm³/mol. The number of aliphatic hydroxyl groups is 1. The SMILES string of the molecule is CC(C)C(C(=O)N1CCCC(O)C1)c1cccc(Cl)c1. The number of amides is 1. The molecule has 1 aliphatic heterocycles. The van der Waals surface area contributed by atoms with Gasteiger partial charge in [-0.3, -0.25) is 4.79 Å². The zero-order chi connectivity index (χ0) is 14.7. The van der Waals surface area contributed by atoms with Crippen LogP contribution in [-0.4, -0.2) is 35.1 Å². The summed E-state index contributed by atoms with van der Waals surface area (Å²) in [5, 5.41) is 10.4. The van der Waals surface area contributed by atoms with Crippen LogP contribution in [-0.2, 0) is 4.79 Å². The third-order valence-electron chi connectivity index (χ3n) is 3.85. The van der Waals surface area contributed by atoms with Gasteiger partial charge in [-0.1, -0.05) is 37.6 Å². The van der Waals surface area contributed by atoms with E-state index in [1.165, 1.54) is 0 Å². The molecule has 2 unspecified atom stereocenters. The summed E-state index contributed by atoms with van der Waals surface area (Å²) in [6, 6.07) is 7.52. The molecule has 1 amide bonds. The molecule has 0 aromatic heterocycles. The molecule has 2 atom stereocenters. The van der Waals surface area contributed by atoms with Gasteiger partial charge < -0.3 is 10.0 Å². The molecule has 1 aromatic rings. The molecule has 1 aliphatic rings. The number of hydrogen-bond acceptors (Lipinski definition) is 2. The van der Waals surface area contributed by atoms with Crippen molar-refractivity contribution >= 4 is 17.5 Å². The second-order valence-corrected chi connectivity index (χ2v) is 6.29. The van der Waals surface area contributed by atoms with E-state index in [0.29, 0.717) is 11.6 Å². The average molecular weight is 296 g/mol. The largest absolute Gasteiger partial charge is 0.391 e. The van der Waals surface area contributed by atoms with Gasteiger partial charge in [0.25, 0.3) is 0 Å². The molecule has 1 heterocycles. The number of nitrogens with zero attached hydrogens (tertiary/aromatic N) is 1. The monoisotopic (exact) mass is 295 g/mol. The van der Waals surface area contributed by atoms with Crippen molar-refractivity contribution in [2.75, 3.05) is 13.1 Å². The average Bonchev–Trinajstić information content (AvgIpc) is 2.38. The van der Waals surface area contributed by atoms with Crippen LogP contribution in [0.15, 0.2) is 24.3 Å². The lowest BCUT2D eigenvalue weighted by molar-refractivity contribution is -0.136. The molecule has 0 spiro atoms. The zero-order valence-corrected chi connectivity index (χ0v) is 12.8. The van der Waals surface area contributed by atoms with Crippen molar-refractivity contribution in [2.45, 2.75) is 38.7 Å². The lowest BCUT2D eigenvalue weighted by atomic mass is 9.86. The van der Waals surface area contributed by atoms with E-state index < -0.39 is 0 Å². The molecule has 20 heavy (non-hydrogen) atoms. The summed E-state index contributed by atoms with van der Waals surface area (Å²) in [7, 11) is 0. The van der Waals surface area contributed by atoms with E-state index in [1.54, 1.807) is 4.90 Å². The number of hydrogen-bond donors (Lipinski definition) is 1. The Morgan fingerprint density at radius 2 is 2.20 bits per heavy atom. The molecule has 1 fully saturated rings. The highest BCUT2D eigenvalue weighted by atomic mass is 35.5. The van der Waals surface area contributed by atoms with Gasteiger partial charge in [-0.15, -0.1) is 0 Å². The minimum absolute atomic E-state index is 0.0982. The number of likely N-dealkylation sites (tertiary alicyclic amines) is 1. The van der Waals surface area contributed by atoms with Gasteiger partial charge in [0.15, 0.2) is 0 Å². The molecule has 2 rings (SSSR count). The van der Waals surface area contributed by atoms with Crippen LogP contribution in [0.3, 0.4) is 0 Å². The Hall–Kier alpha value is -1.06. The Labute approximate surface area is 125 Å². The van der Waals surface area contributed by atoms with E-state index in [9.17, 15) is 9.90 Å². The van der Waals surface area contributed by atoms with E-state index in [4.69, 9.17) is 11.6 Å². The normalized spacial score (nSPS) is 21.1. The van der Waals surface area contributed by atoms with E-state index in [-0.39, 0.29) is 23.8 Å². The fourth-order valence-electron chi connectivity index (χ4n) is 2.86. The topological polar surface area (TPSA) is 40.5 Å². The van der Waals surface area contributed by atoms with Crippen molar-refractivity contribution in [3.05, 3.63) is 34.9 Å². The number of benzene rings is 1. The van der Waals surface area contributed by atoms with Gasteiger partial charge in [-0.2, -0.15) is 0 Å². The Bertz CT molecular complexity index is 475. The molecular weight excluding hydrogens is 274 g/mol. The first-order chi connectivity index (χ1) is 9.49. The summed E-state index contributed by atoms with van der Waals surface area (Å²) in [6.45, 7) is 5.27. The fraction of sp³-hybridized carbons (Fsp3) is 0.562. The fourth-order valence-corrected chi connectivity index (χ4v) is 3.06. The summed E-state index contributed by atoms with van der Waals surface area (Å²) in [4.78, 5) is 14.6. The quantitative estimate of drug-likeness (QED) is 0.931. The molecule has 0 bridgehead atoms. The molecule has 110 valence electrons. The number of aliphatic hydroxyl groups excluding tert-OH is 1. The highest BCUT2D eigenvalue weighted by Gasteiger charge is 2.31. The molecule has 1 saturated heterocycles. The van der Waals surface area contributed by atoms with Crippen LogP contribution < -0.4 is 0 Å². The summed E-state index contributed by atoms with van der Waals surface area (Å²) < 4.78 is 0. The van der Waals surface area contributed by atoms with Crippen molar-refractivity contribution in [1.82, 2.24) is 4.90 Å². The van der Waals surface area contributed by atoms with Gasteiger partial charge >= 0.3 is 0 Å². The van der Waals surface area contributed by atoms with Crippen LogP contribution in [0.25, 0.3) is 0 Å². The molecule has 0 aliphatic carbocycles. The number of halogens is 1. The lowest BCUT2D eigenvalue weighted by Gasteiger charge is -2.34. The minimum atomic E-state index is -0.389. The smallest absolute Gasteiger partial charge is 0.230 e. The summed E-state index contributed by atoms with van der Waals surface area (Å²) in [5.74, 6) is 0.0973. The van der Waals surface area contributed by atoms with Gasteiger partial charge in [-0.25, -0.2) is 0 Å². The van der Waals surface area contributed by atoms with E-state index in [0.717, 1.165) is 24.9 Å². The summed E-state index contributed by atoms with van der Waals surface area (Å²) >= 11 is 6.04. The molecule has 3 nitrogen and oxygen atoms in total. The van der Waals surface area contributed by atoms with E-state index in [1.807, 2.05) is 38.1 Å². The molecule has 4 heteroatoms. The van der Waals surface area contributed by atoms with Crippen LogP contribution in [0, 0.1) is 5.92 Å². The Kier molecular flexibility index (Phi) is 5.06. The third-order valence-corrected chi connectivity index (χ3v) is 4.08. The number of carbonyl (C=O) groups excluding carboxylic acids is 1. The van der Waals surface area contributed by atoms with Gasteiger partial charge in [0, 0.05) is 18.1 Å². The lowest BCUT2D eigenvalue weighted by Crippen LogP contribution is -2.45. The maximum Gasteiger partial charge on any atom is 0.230 e. The molecular formula is C16H22ClNO2. The van der Waals surface area contributed by atoms with Crippen LogP contribution in [0.2, 0.25) is 5.02 Å². The van der Waals surface area contributed by atoms with Crippen molar-refractivity contribution in [3.8, 4) is 0 Å². The van der Waals surface area contributed by atoms with Gasteiger partial charge in [0.1, 0.15) is 0 Å². The number of rotatable bonds is 3. The van der Waals surface area contributed by atoms with E-state index in [2.05, 4.69) is 0 Å². The molecule has 1 N–H and O–H groups in total. The van der Waals surface area contributed by atoms with Gasteiger partial charge in [0.05, 0.1) is 12.0 Å². The molecule has 0 saturated carbocycles. The second-order valence-electron chi connectivity index (χ2n) is 5.86. The zero-order valence-electron chi connectivity index (χ0n) is 12.1. The van der Waals surface area contributed by atoms with Crippen molar-refractivity contribution in [2.24, 2.45) is 5.92 Å². The number of β-amino-alcohol motifs (C(OH)–C–C–N with tert-alkyl or cyclic N) is 1. The highest BCUT2D eigenvalue weighted by molar-refractivity contribution is 6.30. The maximum absolute atomic E-state index is 12.8. The van der Waals surface area contributed by atoms with Gasteiger partial charge in [0.2, 0.25) is 5.91 Å². The second kappa shape index (κ2) is 6.59. The first-order valence-corrected chi connectivity index (χ1v) is 7.59. The van der Waals surface area contributed by atoms with Crippen molar-refractivity contribution < 1.29 is 9.90 Å². The van der Waals surface area contributed by atoms with Crippen molar-refractivity contribution in [3.63, 3.8) is 0 Å². The predicted octanol–water partition coefficient (Wildman–Crippen LogP) is 3.06. The highest BCUT2D eigenvalue weighted by Crippen LogP contribution is 2.29. The van der Waals surface area contributed by atoms with Crippen LogP contribution in [0.4, 0.5) is 0 Å². The number of carbonyl (C=O) groups is 1. The third kappa shape index (κ3) is 3.53. The summed E-state index contributed by atoms with van der Waals surface area (Å²) in [6.07, 6.45) is 1.26. The Morgan fingerprint density at radius 1 is 1.45 bits per heavy atom. The van der Waals surface area contributed by atoms with Crippen LogP contribution in [0.5, 0.6) is 0 Å². The number of piperidine rings is 1. The van der Waals surface area contributed by atoms with Crippen molar-refractivity contribution in [1.29, 1.82) is 0 Å². The first kappa shape index (κ1) is 15.3. The first-order valence-electron chi connectivity index (χ1n) is 7.21. The Morgan fingerprint density at radius 3 is 2.80 bits per heavy atom. The molecule has 0 radical (unpaired) electrons.